The molecule has 0 bridgehead atoms. The number of aliphatic hydroxyl groups is 1. The second-order valence-electron chi connectivity index (χ2n) is 5.82. The molecule has 3 aromatic rings. The molecule has 2 aromatic carbocycles. The van der Waals surface area contributed by atoms with Gasteiger partial charge in [0.05, 0.1) is 24.1 Å². The third kappa shape index (κ3) is 4.23. The van der Waals surface area contributed by atoms with Gasteiger partial charge in [-0.25, -0.2) is 4.68 Å². The highest BCUT2D eigenvalue weighted by Gasteiger charge is 2.17. The van der Waals surface area contributed by atoms with Gasteiger partial charge in [0.25, 0.3) is 11.7 Å². The van der Waals surface area contributed by atoms with Crippen LogP contribution in [-0.2, 0) is 17.8 Å². The lowest BCUT2D eigenvalue weighted by Crippen LogP contribution is -2.32. The van der Waals surface area contributed by atoms with E-state index in [0.717, 1.165) is 16.8 Å². The molecule has 0 atom stereocenters. The number of hydrogen-bond acceptors (Lipinski definition) is 4. The third-order valence-electron chi connectivity index (χ3n) is 3.98. The first-order valence-corrected chi connectivity index (χ1v) is 8.28. The minimum absolute atomic E-state index is 0.00216. The molecule has 1 amide bonds. The van der Waals surface area contributed by atoms with E-state index in [1.54, 1.807) is 10.9 Å². The Morgan fingerprint density at radius 1 is 1.00 bits per heavy atom. The van der Waals surface area contributed by atoms with Crippen molar-refractivity contribution in [3.05, 3.63) is 83.7 Å². The number of amides is 1. The molecule has 2 N–H and O–H groups in total. The van der Waals surface area contributed by atoms with E-state index in [-0.39, 0.29) is 12.2 Å². The predicted molar refractivity (Wildman–Crippen MR) is 97.0 cm³/mol. The Labute approximate surface area is 151 Å². The number of carbonyl (C=O) groups is 2. The second-order valence-corrected chi connectivity index (χ2v) is 5.82. The van der Waals surface area contributed by atoms with Crippen LogP contribution in [0.15, 0.2) is 67.0 Å². The number of para-hydroxylation sites is 1. The Kier molecular flexibility index (Phi) is 5.56. The van der Waals surface area contributed by atoms with Gasteiger partial charge >= 0.3 is 0 Å². The summed E-state index contributed by atoms with van der Waals surface area (Å²) in [4.78, 5) is 24.3. The maximum atomic E-state index is 12.2. The van der Waals surface area contributed by atoms with Crippen molar-refractivity contribution in [3.63, 3.8) is 0 Å². The summed E-state index contributed by atoms with van der Waals surface area (Å²) in [7, 11) is 0. The van der Waals surface area contributed by atoms with Crippen LogP contribution in [0.3, 0.4) is 0 Å². The Hall–Kier alpha value is -3.25. The SMILES string of the molecule is O=C(NCCc1ccc(CO)cc1)C(=O)c1cnn(-c2ccccc2)c1. The van der Waals surface area contributed by atoms with Crippen molar-refractivity contribution < 1.29 is 14.7 Å². The average Bonchev–Trinajstić information content (AvgIpc) is 3.18. The summed E-state index contributed by atoms with van der Waals surface area (Å²) in [6, 6.07) is 16.8. The molecule has 0 radical (unpaired) electrons. The van der Waals surface area contributed by atoms with E-state index in [1.807, 2.05) is 54.6 Å². The van der Waals surface area contributed by atoms with Crippen molar-refractivity contribution in [1.29, 1.82) is 0 Å². The van der Waals surface area contributed by atoms with E-state index in [2.05, 4.69) is 10.4 Å². The summed E-state index contributed by atoms with van der Waals surface area (Å²) < 4.78 is 1.56. The van der Waals surface area contributed by atoms with Gasteiger partial charge in [0, 0.05) is 12.7 Å². The van der Waals surface area contributed by atoms with Crippen LogP contribution in [0.5, 0.6) is 0 Å². The van der Waals surface area contributed by atoms with Gasteiger partial charge in [-0.05, 0) is 29.7 Å². The Balaban J connectivity index is 1.54. The lowest BCUT2D eigenvalue weighted by molar-refractivity contribution is -0.116. The Bertz CT molecular complexity index is 886. The lowest BCUT2D eigenvalue weighted by Gasteiger charge is -2.05. The molecule has 0 spiro atoms. The van der Waals surface area contributed by atoms with E-state index in [1.165, 1.54) is 6.20 Å². The van der Waals surface area contributed by atoms with Gasteiger partial charge < -0.3 is 10.4 Å². The first-order chi connectivity index (χ1) is 12.7. The quantitative estimate of drug-likeness (QED) is 0.504. The van der Waals surface area contributed by atoms with Crippen molar-refractivity contribution in [2.24, 2.45) is 0 Å². The average molecular weight is 349 g/mol. The number of Topliss-reactive ketones (excluding diaryl/α,β-unsaturated/α-hetero) is 1. The summed E-state index contributed by atoms with van der Waals surface area (Å²) in [5, 5.41) is 15.8. The van der Waals surface area contributed by atoms with Crippen molar-refractivity contribution in [2.45, 2.75) is 13.0 Å². The van der Waals surface area contributed by atoms with Crippen molar-refractivity contribution in [2.75, 3.05) is 6.54 Å². The number of aromatic nitrogens is 2. The summed E-state index contributed by atoms with van der Waals surface area (Å²) >= 11 is 0. The fourth-order valence-electron chi connectivity index (χ4n) is 2.51. The van der Waals surface area contributed by atoms with Gasteiger partial charge in [-0.2, -0.15) is 5.10 Å². The molecule has 26 heavy (non-hydrogen) atoms. The summed E-state index contributed by atoms with van der Waals surface area (Å²) in [6.07, 6.45) is 3.54. The van der Waals surface area contributed by atoms with Crippen LogP contribution >= 0.6 is 0 Å². The maximum Gasteiger partial charge on any atom is 0.292 e. The van der Waals surface area contributed by atoms with Crippen LogP contribution < -0.4 is 5.32 Å². The van der Waals surface area contributed by atoms with Crippen LogP contribution in [-0.4, -0.2) is 33.1 Å². The minimum Gasteiger partial charge on any atom is -0.392 e. The number of rotatable bonds is 7. The normalized spacial score (nSPS) is 10.5. The topological polar surface area (TPSA) is 84.2 Å². The Morgan fingerprint density at radius 3 is 2.38 bits per heavy atom. The van der Waals surface area contributed by atoms with Crippen molar-refractivity contribution in [1.82, 2.24) is 15.1 Å². The van der Waals surface area contributed by atoms with Gasteiger partial charge in [-0.15, -0.1) is 0 Å². The number of carbonyl (C=O) groups excluding carboxylic acids is 2. The second kappa shape index (κ2) is 8.22. The highest BCUT2D eigenvalue weighted by Crippen LogP contribution is 2.08. The number of aliphatic hydroxyl groups excluding tert-OH is 1. The van der Waals surface area contributed by atoms with Crippen LogP contribution in [0.2, 0.25) is 0 Å². The smallest absolute Gasteiger partial charge is 0.292 e. The standard InChI is InChI=1S/C20H19N3O3/c24-14-16-8-6-15(7-9-16)10-11-21-20(26)19(25)17-12-22-23(13-17)18-4-2-1-3-5-18/h1-9,12-13,24H,10-11,14H2,(H,21,26). The van der Waals surface area contributed by atoms with E-state index in [9.17, 15) is 9.59 Å². The molecule has 3 rings (SSSR count). The summed E-state index contributed by atoms with van der Waals surface area (Å²) in [5.74, 6) is -1.26. The molecule has 132 valence electrons. The number of hydrogen-bond donors (Lipinski definition) is 2. The predicted octanol–water partition coefficient (Wildman–Crippen LogP) is 1.91. The third-order valence-corrected chi connectivity index (χ3v) is 3.98. The van der Waals surface area contributed by atoms with Gasteiger partial charge in [-0.1, -0.05) is 42.5 Å². The fraction of sp³-hybridized carbons (Fsp3) is 0.150. The van der Waals surface area contributed by atoms with Crippen LogP contribution in [0, 0.1) is 0 Å². The molecule has 6 nitrogen and oxygen atoms in total. The van der Waals surface area contributed by atoms with Crippen molar-refractivity contribution >= 4 is 11.7 Å². The molecule has 0 saturated heterocycles. The number of benzene rings is 2. The fourth-order valence-corrected chi connectivity index (χ4v) is 2.51. The monoisotopic (exact) mass is 349 g/mol. The molecule has 1 heterocycles. The molecule has 1 aromatic heterocycles. The molecule has 0 aliphatic rings. The first kappa shape index (κ1) is 17.6. The summed E-state index contributed by atoms with van der Waals surface area (Å²) in [6.45, 7) is 0.359. The van der Waals surface area contributed by atoms with E-state index in [4.69, 9.17) is 5.11 Å². The zero-order valence-corrected chi connectivity index (χ0v) is 14.1. The number of ketones is 1. The molecule has 0 fully saturated rings. The van der Waals surface area contributed by atoms with Crippen LogP contribution in [0.4, 0.5) is 0 Å². The number of nitrogens with zero attached hydrogens (tertiary/aromatic N) is 2. The first-order valence-electron chi connectivity index (χ1n) is 8.28. The molecule has 0 unspecified atom stereocenters. The Morgan fingerprint density at radius 2 is 1.69 bits per heavy atom. The van der Waals surface area contributed by atoms with Crippen LogP contribution in [0.1, 0.15) is 21.5 Å². The maximum absolute atomic E-state index is 12.2. The largest absolute Gasteiger partial charge is 0.392 e. The van der Waals surface area contributed by atoms with Gasteiger partial charge in [0.2, 0.25) is 0 Å². The molecule has 6 heteroatoms. The van der Waals surface area contributed by atoms with Gasteiger partial charge in [0.15, 0.2) is 0 Å². The molecular weight excluding hydrogens is 330 g/mol. The lowest BCUT2D eigenvalue weighted by atomic mass is 10.1. The van der Waals surface area contributed by atoms with E-state index >= 15 is 0 Å². The minimum atomic E-state index is -0.649. The highest BCUT2D eigenvalue weighted by molar-refractivity contribution is 6.42. The van der Waals surface area contributed by atoms with Gasteiger partial charge in [0.1, 0.15) is 0 Å². The number of nitrogens with one attached hydrogen (secondary N) is 1. The molecule has 0 saturated carbocycles. The van der Waals surface area contributed by atoms with E-state index in [0.29, 0.717) is 13.0 Å². The van der Waals surface area contributed by atoms with Gasteiger partial charge in [-0.3, -0.25) is 9.59 Å². The molecule has 0 aliphatic carbocycles. The highest BCUT2D eigenvalue weighted by atomic mass is 16.3. The van der Waals surface area contributed by atoms with Crippen molar-refractivity contribution in [3.8, 4) is 5.69 Å². The molecular formula is C20H19N3O3. The van der Waals surface area contributed by atoms with Crippen LogP contribution in [0.25, 0.3) is 5.69 Å². The summed E-state index contributed by atoms with van der Waals surface area (Å²) in [5.41, 5.74) is 2.92. The molecule has 0 aliphatic heterocycles. The van der Waals surface area contributed by atoms with E-state index < -0.39 is 11.7 Å². The zero-order valence-electron chi connectivity index (χ0n) is 14.1. The zero-order chi connectivity index (χ0) is 18.4.